The van der Waals surface area contributed by atoms with Gasteiger partial charge in [-0.3, -0.25) is 0 Å². The Morgan fingerprint density at radius 1 is 1.32 bits per heavy atom. The number of H-pyrrole nitrogens is 1. The lowest BCUT2D eigenvalue weighted by Gasteiger charge is -2.22. The van der Waals surface area contributed by atoms with Crippen molar-refractivity contribution in [3.8, 4) is 11.8 Å². The van der Waals surface area contributed by atoms with Crippen LogP contribution in [-0.2, 0) is 13.0 Å². The fraction of sp³-hybridized carbons (Fsp3) is 0.278. The maximum atomic E-state index is 4.24. The molecule has 1 aromatic carbocycles. The molecule has 0 radical (unpaired) electrons. The van der Waals surface area contributed by atoms with Crippen LogP contribution in [0.25, 0.3) is 10.9 Å². The van der Waals surface area contributed by atoms with Gasteiger partial charge in [0.15, 0.2) is 5.01 Å². The Bertz CT molecular complexity index is 894. The lowest BCUT2D eigenvalue weighted by molar-refractivity contribution is 0.313. The number of aromatic nitrogens is 2. The van der Waals surface area contributed by atoms with Crippen LogP contribution < -0.4 is 0 Å². The van der Waals surface area contributed by atoms with Crippen LogP contribution in [0.15, 0.2) is 23.7 Å². The number of aryl methyl sites for hydroxylation is 1. The molecule has 4 rings (SSSR count). The van der Waals surface area contributed by atoms with Crippen molar-refractivity contribution in [3.63, 3.8) is 0 Å². The average molecular weight is 307 g/mol. The first-order valence-corrected chi connectivity index (χ1v) is 8.33. The van der Waals surface area contributed by atoms with Crippen LogP contribution in [0.1, 0.15) is 27.4 Å². The van der Waals surface area contributed by atoms with E-state index in [0.717, 1.165) is 30.1 Å². The van der Waals surface area contributed by atoms with Gasteiger partial charge in [-0.25, -0.2) is 4.98 Å². The maximum Gasteiger partial charge on any atom is 0.167 e. The number of benzene rings is 1. The van der Waals surface area contributed by atoms with E-state index < -0.39 is 0 Å². The van der Waals surface area contributed by atoms with Gasteiger partial charge in [0.2, 0.25) is 0 Å². The standard InChI is InChI=1S/C18H17N3S/c1-12-9-13(3-4-17-19-6-8-22-17)18-14(10-12)15-11-21(2)7-5-16(15)20-18/h6,8-10,20H,5,7,11H2,1-2H3. The zero-order chi connectivity index (χ0) is 15.1. The minimum atomic E-state index is 0.866. The summed E-state index contributed by atoms with van der Waals surface area (Å²) in [7, 11) is 2.18. The van der Waals surface area contributed by atoms with Crippen LogP contribution in [0, 0.1) is 18.8 Å². The molecule has 4 heteroatoms. The van der Waals surface area contributed by atoms with E-state index in [0.29, 0.717) is 0 Å². The molecule has 1 aliphatic rings. The van der Waals surface area contributed by atoms with Crippen LogP contribution in [0.2, 0.25) is 0 Å². The lowest BCUT2D eigenvalue weighted by atomic mass is 10.0. The van der Waals surface area contributed by atoms with E-state index in [1.807, 2.05) is 5.38 Å². The number of aromatic amines is 1. The number of hydrogen-bond acceptors (Lipinski definition) is 3. The van der Waals surface area contributed by atoms with Crippen molar-refractivity contribution in [2.75, 3.05) is 13.6 Å². The molecule has 0 fully saturated rings. The molecule has 0 atom stereocenters. The number of likely N-dealkylation sites (N-methyl/N-ethyl adjacent to an activating group) is 1. The lowest BCUT2D eigenvalue weighted by Crippen LogP contribution is -2.25. The van der Waals surface area contributed by atoms with Gasteiger partial charge in [0.25, 0.3) is 0 Å². The first-order chi connectivity index (χ1) is 10.7. The van der Waals surface area contributed by atoms with E-state index >= 15 is 0 Å². The second kappa shape index (κ2) is 5.28. The molecule has 0 saturated carbocycles. The van der Waals surface area contributed by atoms with E-state index in [1.165, 1.54) is 27.7 Å². The van der Waals surface area contributed by atoms with Crippen molar-refractivity contribution in [2.45, 2.75) is 19.9 Å². The highest BCUT2D eigenvalue weighted by Crippen LogP contribution is 2.30. The third kappa shape index (κ3) is 2.33. The van der Waals surface area contributed by atoms with Gasteiger partial charge in [-0.2, -0.15) is 0 Å². The Hall–Kier alpha value is -2.09. The van der Waals surface area contributed by atoms with Crippen molar-refractivity contribution in [1.29, 1.82) is 0 Å². The predicted octanol–water partition coefficient (Wildman–Crippen LogP) is 3.32. The molecule has 3 nitrogen and oxygen atoms in total. The monoisotopic (exact) mass is 307 g/mol. The highest BCUT2D eigenvalue weighted by atomic mass is 32.1. The number of nitrogens with one attached hydrogen (secondary N) is 1. The summed E-state index contributed by atoms with van der Waals surface area (Å²) in [6, 6.07) is 4.44. The summed E-state index contributed by atoms with van der Waals surface area (Å²) in [5, 5.41) is 4.15. The Balaban J connectivity index is 1.88. The van der Waals surface area contributed by atoms with Crippen LogP contribution in [0.5, 0.6) is 0 Å². The smallest absolute Gasteiger partial charge is 0.167 e. The van der Waals surface area contributed by atoms with Gasteiger partial charge in [-0.15, -0.1) is 11.3 Å². The van der Waals surface area contributed by atoms with E-state index in [4.69, 9.17) is 0 Å². The highest BCUT2D eigenvalue weighted by Gasteiger charge is 2.19. The number of fused-ring (bicyclic) bond motifs is 3. The fourth-order valence-electron chi connectivity index (χ4n) is 3.10. The molecule has 1 aliphatic heterocycles. The molecule has 0 unspecified atom stereocenters. The largest absolute Gasteiger partial charge is 0.357 e. The van der Waals surface area contributed by atoms with Crippen molar-refractivity contribution in [1.82, 2.24) is 14.9 Å². The second-order valence-corrected chi connectivity index (χ2v) is 6.79. The molecule has 22 heavy (non-hydrogen) atoms. The van der Waals surface area contributed by atoms with E-state index in [2.05, 4.69) is 52.8 Å². The molecular formula is C18H17N3S. The first-order valence-electron chi connectivity index (χ1n) is 7.45. The zero-order valence-corrected chi connectivity index (χ0v) is 13.5. The van der Waals surface area contributed by atoms with Crippen molar-refractivity contribution in [2.24, 2.45) is 0 Å². The summed E-state index contributed by atoms with van der Waals surface area (Å²) in [6.45, 7) is 4.26. The Morgan fingerprint density at radius 3 is 3.05 bits per heavy atom. The van der Waals surface area contributed by atoms with Gasteiger partial charge >= 0.3 is 0 Å². The van der Waals surface area contributed by atoms with Crippen LogP contribution in [0.4, 0.5) is 0 Å². The van der Waals surface area contributed by atoms with Gasteiger partial charge in [-0.05, 0) is 43.2 Å². The van der Waals surface area contributed by atoms with Crippen LogP contribution >= 0.6 is 11.3 Å². The molecule has 0 saturated heterocycles. The van der Waals surface area contributed by atoms with Gasteiger partial charge in [0.1, 0.15) is 0 Å². The minimum Gasteiger partial charge on any atom is -0.357 e. The van der Waals surface area contributed by atoms with Crippen molar-refractivity contribution in [3.05, 3.63) is 51.1 Å². The number of thiazole rings is 1. The maximum absolute atomic E-state index is 4.24. The molecule has 0 amide bonds. The van der Waals surface area contributed by atoms with Crippen molar-refractivity contribution >= 4 is 22.2 Å². The number of rotatable bonds is 0. The first kappa shape index (κ1) is 13.6. The summed E-state index contributed by atoms with van der Waals surface area (Å²) in [5.74, 6) is 6.48. The molecule has 0 spiro atoms. The number of nitrogens with zero attached hydrogens (tertiary/aromatic N) is 2. The summed E-state index contributed by atoms with van der Waals surface area (Å²) in [5.41, 5.74) is 6.31. The highest BCUT2D eigenvalue weighted by molar-refractivity contribution is 7.10. The third-order valence-corrected chi connectivity index (χ3v) is 4.84. The summed E-state index contributed by atoms with van der Waals surface area (Å²) < 4.78 is 0. The molecule has 3 heterocycles. The molecule has 110 valence electrons. The van der Waals surface area contributed by atoms with E-state index in [-0.39, 0.29) is 0 Å². The van der Waals surface area contributed by atoms with Gasteiger partial charge in [0.05, 0.1) is 5.52 Å². The quantitative estimate of drug-likeness (QED) is 0.646. The topological polar surface area (TPSA) is 31.9 Å². The molecular weight excluding hydrogens is 290 g/mol. The van der Waals surface area contributed by atoms with Gasteiger partial charge in [-0.1, -0.05) is 5.92 Å². The predicted molar refractivity (Wildman–Crippen MR) is 91.2 cm³/mol. The average Bonchev–Trinajstić information content (AvgIpc) is 3.12. The Morgan fingerprint density at radius 2 is 2.23 bits per heavy atom. The normalized spacial score (nSPS) is 14.6. The summed E-state index contributed by atoms with van der Waals surface area (Å²) in [6.07, 6.45) is 2.88. The van der Waals surface area contributed by atoms with Crippen molar-refractivity contribution < 1.29 is 0 Å². The SMILES string of the molecule is Cc1cc(C#Cc2nccs2)c2[nH]c3c(c2c1)CN(C)CC3. The van der Waals surface area contributed by atoms with E-state index in [9.17, 15) is 0 Å². The molecule has 1 N–H and O–H groups in total. The fourth-order valence-corrected chi connectivity index (χ4v) is 3.58. The Labute approximate surface area is 134 Å². The minimum absolute atomic E-state index is 0.866. The van der Waals surface area contributed by atoms with E-state index in [1.54, 1.807) is 17.5 Å². The summed E-state index contributed by atoms with van der Waals surface area (Å²) >= 11 is 1.58. The Kier molecular flexibility index (Phi) is 3.25. The van der Waals surface area contributed by atoms with Crippen LogP contribution in [0.3, 0.4) is 0 Å². The molecule has 2 aromatic heterocycles. The summed E-state index contributed by atoms with van der Waals surface area (Å²) in [4.78, 5) is 10.2. The van der Waals surface area contributed by atoms with Gasteiger partial charge < -0.3 is 9.88 Å². The third-order valence-electron chi connectivity index (χ3n) is 4.16. The molecule has 3 aromatic rings. The second-order valence-electron chi connectivity index (χ2n) is 5.89. The molecule has 0 bridgehead atoms. The van der Waals surface area contributed by atoms with Crippen LogP contribution in [-0.4, -0.2) is 28.5 Å². The number of hydrogen-bond donors (Lipinski definition) is 1. The van der Waals surface area contributed by atoms with Gasteiger partial charge in [0, 0.05) is 47.7 Å². The molecule has 0 aliphatic carbocycles. The zero-order valence-electron chi connectivity index (χ0n) is 12.7.